The summed E-state index contributed by atoms with van der Waals surface area (Å²) in [6, 6.07) is -4.24. The van der Waals surface area contributed by atoms with Crippen LogP contribution in [0.25, 0.3) is 10.9 Å². The first-order chi connectivity index (χ1) is 37.3. The highest BCUT2D eigenvalue weighted by Gasteiger charge is 2.41. The molecule has 0 bridgehead atoms. The van der Waals surface area contributed by atoms with Gasteiger partial charge in [-0.3, -0.25) is 47.9 Å². The van der Waals surface area contributed by atoms with E-state index in [1.807, 2.05) is 0 Å². The van der Waals surface area contributed by atoms with Gasteiger partial charge in [-0.1, -0.05) is 26.7 Å². The van der Waals surface area contributed by atoms with Crippen LogP contribution in [0.15, 0.2) is 23.2 Å². The van der Waals surface area contributed by atoms with Crippen LogP contribution in [0.1, 0.15) is 105 Å². The van der Waals surface area contributed by atoms with Crippen LogP contribution in [0.2, 0.25) is 0 Å². The molecule has 2 fully saturated rings. The van der Waals surface area contributed by atoms with Gasteiger partial charge in [0.15, 0.2) is 0 Å². The van der Waals surface area contributed by atoms with Crippen molar-refractivity contribution in [3.05, 3.63) is 23.8 Å². The van der Waals surface area contributed by atoms with Crippen LogP contribution >= 0.6 is 11.8 Å². The molecule has 10 amide bonds. The lowest BCUT2D eigenvalue weighted by Crippen LogP contribution is -2.60. The minimum atomic E-state index is -1.71. The van der Waals surface area contributed by atoms with E-state index in [4.69, 9.17) is 20.3 Å². The molecule has 0 saturated carbocycles. The van der Waals surface area contributed by atoms with Gasteiger partial charge >= 0.3 is 12.1 Å². The molecule has 0 aliphatic carbocycles. The van der Waals surface area contributed by atoms with Gasteiger partial charge in [-0.25, -0.2) is 4.79 Å². The first kappa shape index (κ1) is 66.1. The number of amides is 10. The zero-order valence-electron chi connectivity index (χ0n) is 46.0. The molecule has 0 radical (unpaired) electrons. The van der Waals surface area contributed by atoms with Crippen molar-refractivity contribution in [2.45, 2.75) is 159 Å². The molecule has 440 valence electrons. The summed E-state index contributed by atoms with van der Waals surface area (Å²) in [6.07, 6.45) is 0.0527. The number of benzene rings is 1. The first-order valence-corrected chi connectivity index (χ1v) is 27.3. The molecule has 14 N–H and O–H groups in total. The quantitative estimate of drug-likeness (QED) is 0.0499. The van der Waals surface area contributed by atoms with Gasteiger partial charge in [0.2, 0.25) is 53.2 Å². The molecule has 1 aromatic heterocycles. The molecule has 8 unspecified atom stereocenters. The maximum absolute atomic E-state index is 14.7. The third-order valence-electron chi connectivity index (χ3n) is 12.7. The van der Waals surface area contributed by atoms with E-state index < -0.39 is 146 Å². The van der Waals surface area contributed by atoms with Gasteiger partial charge in [0, 0.05) is 50.9 Å². The molecule has 4 rings (SSSR count). The van der Waals surface area contributed by atoms with Crippen LogP contribution in [-0.4, -0.2) is 185 Å². The number of ether oxygens (including phenoxy) is 2. The predicted molar refractivity (Wildman–Crippen MR) is 287 cm³/mol. The van der Waals surface area contributed by atoms with Crippen molar-refractivity contribution >= 4 is 87.9 Å². The van der Waals surface area contributed by atoms with Crippen molar-refractivity contribution in [2.75, 3.05) is 46.2 Å². The van der Waals surface area contributed by atoms with Gasteiger partial charge in [0.05, 0.1) is 36.2 Å². The normalized spacial score (nSPS) is 22.1. The van der Waals surface area contributed by atoms with E-state index in [1.54, 1.807) is 46.9 Å². The number of hydrogen-bond acceptors (Lipinski definition) is 17. The number of aliphatic hydroxyl groups is 2. The number of unbranched alkanes of at least 4 members (excludes halogenated alkanes) is 2. The number of H-pyrrole nitrogens is 1. The molecule has 2 aromatic rings. The Morgan fingerprint density at radius 2 is 1.51 bits per heavy atom. The van der Waals surface area contributed by atoms with Crippen LogP contribution < -0.4 is 48.3 Å². The number of nitrogens with zero attached hydrogens (tertiary/aromatic N) is 1. The van der Waals surface area contributed by atoms with E-state index in [0.717, 1.165) is 12.0 Å². The Morgan fingerprint density at radius 3 is 2.15 bits per heavy atom. The summed E-state index contributed by atoms with van der Waals surface area (Å²) in [5.74, 6) is -8.97. The molecule has 3 heterocycles. The van der Waals surface area contributed by atoms with Crippen LogP contribution in [0.4, 0.5) is 4.79 Å². The number of alkyl carbamates (subject to hydrolysis) is 1. The highest BCUT2D eigenvalue weighted by molar-refractivity contribution is 7.98. The summed E-state index contributed by atoms with van der Waals surface area (Å²) in [4.78, 5) is 152. The number of carbonyl (C=O) groups is 11. The molecule has 2 aliphatic rings. The van der Waals surface area contributed by atoms with Crippen molar-refractivity contribution in [2.24, 2.45) is 11.7 Å². The number of esters is 1. The number of phenols is 1. The Labute approximate surface area is 462 Å². The number of aromatic amines is 1. The number of hydrogen-bond donors (Lipinski definition) is 13. The maximum atomic E-state index is 14.7. The van der Waals surface area contributed by atoms with E-state index >= 15 is 0 Å². The van der Waals surface area contributed by atoms with Crippen LogP contribution in [0, 0.1) is 5.92 Å². The third-order valence-corrected chi connectivity index (χ3v) is 13.4. The lowest BCUT2D eigenvalue weighted by molar-refractivity contribution is -0.155. The SMILES string of the molecule is CCC(C)C1NC(=O)CNC(=O)C(Cc2c(SC)[nH]c3cc(O)ccc23)NC(=O)C(CC(O)COC(=O)NCCCCCC(=O)OC(C)(C)C)NC(=O)C2CCCN2C(=O)C(CC(N)=O)NC(=O)C(C)NC(=O)CNC1=O.CO. The largest absolute Gasteiger partial charge is 0.508 e. The Kier molecular flexibility index (Phi) is 26.8. The molecule has 0 spiro atoms. The molecule has 28 heteroatoms. The predicted octanol–water partition coefficient (Wildman–Crippen LogP) is -1.27. The Bertz CT molecular complexity index is 2490. The molecule has 27 nitrogen and oxygen atoms in total. The number of rotatable bonds is 17. The average molecular weight is 1130 g/mol. The van der Waals surface area contributed by atoms with Crippen molar-refractivity contribution in [1.29, 1.82) is 0 Å². The minimum absolute atomic E-state index is 0.0345. The molecule has 1 aromatic carbocycles. The molecule has 2 aliphatic heterocycles. The van der Waals surface area contributed by atoms with Gasteiger partial charge in [0.1, 0.15) is 54.2 Å². The monoisotopic (exact) mass is 1130 g/mol. The third kappa shape index (κ3) is 21.5. The van der Waals surface area contributed by atoms with Crippen molar-refractivity contribution in [1.82, 2.24) is 52.4 Å². The number of fused-ring (bicyclic) bond motifs is 2. The van der Waals surface area contributed by atoms with E-state index in [-0.39, 0.29) is 50.5 Å². The van der Waals surface area contributed by atoms with Crippen molar-refractivity contribution < 1.29 is 77.5 Å². The molecular formula is C51H79N11O16S. The maximum Gasteiger partial charge on any atom is 0.407 e. The number of nitrogens with two attached hydrogens (primary N) is 1. The highest BCUT2D eigenvalue weighted by atomic mass is 32.2. The fraction of sp³-hybridized carbons (Fsp3) is 0.627. The number of phenolic OH excluding ortho intramolecular Hbond substituents is 1. The van der Waals surface area contributed by atoms with E-state index in [0.29, 0.717) is 47.2 Å². The fourth-order valence-electron chi connectivity index (χ4n) is 8.55. The average Bonchev–Trinajstić information content (AvgIpc) is 4.09. The Balaban J connectivity index is 0.00000810. The standard InChI is InChI=1S/C50H75N11O15S.CH4O/c1-8-26(2)41-46(72)54-23-38(65)55-27(3)42(68)58-35(22-37(51)64)48(73)61-18-12-13-36(61)45(71)57-33(20-29(63)25-75-49(74)52-17-11-9-10-14-40(67)76-50(4,5)6)44(70)56-34(43(69)53-24-39(66)60-41)21-31-30-16-15-28(62)19-32(30)59-47(31)77-7;1-2/h15-16,19,26-27,29,33-36,41,59,62-63H,8-14,17-18,20-25H2,1-7H3,(H2,51,64)(H,52,74)(H,53,69)(H,54,72)(H,55,65)(H,56,70)(H,57,71)(H,58,68)(H,60,66);2H,1H3. The summed E-state index contributed by atoms with van der Waals surface area (Å²) in [5.41, 5.74) is 5.87. The van der Waals surface area contributed by atoms with Crippen LogP contribution in [0.5, 0.6) is 5.75 Å². The summed E-state index contributed by atoms with van der Waals surface area (Å²) < 4.78 is 10.5. The topological polar surface area (TPSA) is 408 Å². The summed E-state index contributed by atoms with van der Waals surface area (Å²) >= 11 is 1.26. The summed E-state index contributed by atoms with van der Waals surface area (Å²) in [7, 11) is 1.00. The van der Waals surface area contributed by atoms with Crippen LogP contribution in [0.3, 0.4) is 0 Å². The second-order valence-electron chi connectivity index (χ2n) is 20.1. The Morgan fingerprint density at radius 1 is 0.861 bits per heavy atom. The van der Waals surface area contributed by atoms with Crippen molar-refractivity contribution in [3.8, 4) is 5.75 Å². The fourth-order valence-corrected chi connectivity index (χ4v) is 9.20. The van der Waals surface area contributed by atoms with Gasteiger partial charge in [-0.05, 0) is 83.2 Å². The van der Waals surface area contributed by atoms with Gasteiger partial charge in [0.25, 0.3) is 0 Å². The van der Waals surface area contributed by atoms with Crippen molar-refractivity contribution in [3.63, 3.8) is 0 Å². The van der Waals surface area contributed by atoms with Gasteiger partial charge in [-0.2, -0.15) is 0 Å². The minimum Gasteiger partial charge on any atom is -0.508 e. The second-order valence-corrected chi connectivity index (χ2v) is 20.9. The Hall–Kier alpha value is -7.20. The van der Waals surface area contributed by atoms with E-state index in [9.17, 15) is 63.0 Å². The van der Waals surface area contributed by atoms with Crippen LogP contribution in [-0.2, 0) is 63.8 Å². The highest BCUT2D eigenvalue weighted by Crippen LogP contribution is 2.32. The lowest BCUT2D eigenvalue weighted by Gasteiger charge is -2.30. The number of nitrogens with one attached hydrogen (secondary N) is 9. The number of carbonyl (C=O) groups excluding carboxylic acids is 11. The number of aromatic hydroxyl groups is 1. The molecule has 8 atom stereocenters. The number of aromatic nitrogens is 1. The zero-order valence-corrected chi connectivity index (χ0v) is 46.9. The van der Waals surface area contributed by atoms with E-state index in [2.05, 4.69) is 47.5 Å². The molecule has 2 saturated heterocycles. The smallest absolute Gasteiger partial charge is 0.407 e. The summed E-state index contributed by atoms with van der Waals surface area (Å²) in [6.45, 7) is 8.09. The first-order valence-electron chi connectivity index (χ1n) is 26.1. The zero-order chi connectivity index (χ0) is 59.1. The molecular weight excluding hydrogens is 1050 g/mol. The van der Waals surface area contributed by atoms with Gasteiger partial charge < -0.3 is 82.9 Å². The number of aliphatic hydroxyl groups excluding tert-OH is 2. The van der Waals surface area contributed by atoms with E-state index in [1.165, 1.54) is 30.8 Å². The number of primary amides is 1. The summed E-state index contributed by atoms with van der Waals surface area (Å²) in [5, 5.41) is 49.7. The number of thioether (sulfide) groups is 1. The second kappa shape index (κ2) is 32.0. The lowest BCUT2D eigenvalue weighted by atomic mass is 9.98. The molecule has 79 heavy (non-hydrogen) atoms. The van der Waals surface area contributed by atoms with Gasteiger partial charge in [-0.15, -0.1) is 11.8 Å².